The van der Waals surface area contributed by atoms with E-state index in [1.165, 1.54) is 13.1 Å². The Morgan fingerprint density at radius 3 is 2.42 bits per heavy atom. The Hall–Kier alpha value is -1.40. The Kier molecular flexibility index (Phi) is 11.0. The number of aryl methyl sites for hydroxylation is 1. The lowest BCUT2D eigenvalue weighted by atomic mass is 10.0. The van der Waals surface area contributed by atoms with Crippen molar-refractivity contribution in [1.82, 2.24) is 14.2 Å². The Labute approximate surface area is 213 Å². The number of halogens is 1. The van der Waals surface area contributed by atoms with Gasteiger partial charge in [0, 0.05) is 30.0 Å². The topological polar surface area (TPSA) is 107 Å². The molecule has 0 aliphatic carbocycles. The second-order valence-corrected chi connectivity index (χ2v) is 15.2. The first-order valence-corrected chi connectivity index (χ1v) is 16.0. The summed E-state index contributed by atoms with van der Waals surface area (Å²) in [5, 5.41) is 0. The molecule has 2 heterocycles. The van der Waals surface area contributed by atoms with Gasteiger partial charge in [0.15, 0.2) is 12.4 Å². The SMILES string of the molecule is [C-]#[N+]CCOP(O[C@H]1[C@@H](F)[C@H](n2cc(C)c(=O)[nH]c2=O)O[C@@H]1[C@H](C)CP(C)(C)=O)N(C(C)C)C(C)C. The lowest BCUT2D eigenvalue weighted by Gasteiger charge is -2.38. The van der Waals surface area contributed by atoms with Crippen molar-refractivity contribution >= 4 is 15.7 Å². The lowest BCUT2D eigenvalue weighted by molar-refractivity contribution is -0.0450. The molecule has 1 aliphatic heterocycles. The van der Waals surface area contributed by atoms with Crippen LogP contribution in [0.4, 0.5) is 4.39 Å². The number of hydrogen-bond donors (Lipinski definition) is 1. The largest absolute Gasteiger partial charge is 0.348 e. The fourth-order valence-corrected chi connectivity index (χ4v) is 7.75. The second-order valence-electron chi connectivity index (χ2n) is 10.2. The number of ether oxygens (including phenoxy) is 1. The molecular formula is C23H39FN4O6P2. The van der Waals surface area contributed by atoms with Crippen LogP contribution in [0.1, 0.15) is 46.4 Å². The zero-order valence-corrected chi connectivity index (χ0v) is 24.1. The fraction of sp³-hybridized carbons (Fsp3) is 0.783. The Balaban J connectivity index is 2.50. The molecule has 0 bridgehead atoms. The third-order valence-corrected chi connectivity index (χ3v) is 9.36. The van der Waals surface area contributed by atoms with E-state index >= 15 is 4.39 Å². The normalized spacial score (nSPS) is 24.4. The molecule has 13 heteroatoms. The van der Waals surface area contributed by atoms with Crippen molar-refractivity contribution < 1.29 is 22.7 Å². The molecule has 0 radical (unpaired) electrons. The minimum atomic E-state index is -2.49. The number of hydrogen-bond acceptors (Lipinski definition) is 7. The van der Waals surface area contributed by atoms with E-state index in [1.807, 2.05) is 39.3 Å². The maximum absolute atomic E-state index is 16.1. The van der Waals surface area contributed by atoms with Crippen molar-refractivity contribution in [3.63, 3.8) is 0 Å². The average Bonchev–Trinajstić information content (AvgIpc) is 3.05. The van der Waals surface area contributed by atoms with Gasteiger partial charge in [0.25, 0.3) is 14.1 Å². The highest BCUT2D eigenvalue weighted by Crippen LogP contribution is 2.52. The lowest BCUT2D eigenvalue weighted by Crippen LogP contribution is -2.40. The molecular weight excluding hydrogens is 509 g/mol. The third kappa shape index (κ3) is 7.80. The number of H-pyrrole nitrogens is 1. The molecule has 1 aromatic heterocycles. The summed E-state index contributed by atoms with van der Waals surface area (Å²) in [5.74, 6) is -0.356. The van der Waals surface area contributed by atoms with Gasteiger partial charge in [0.05, 0.1) is 13.2 Å². The second kappa shape index (κ2) is 12.9. The summed E-state index contributed by atoms with van der Waals surface area (Å²) in [6.07, 6.45) is -3.50. The highest BCUT2D eigenvalue weighted by atomic mass is 31.2. The predicted octanol–water partition coefficient (Wildman–Crippen LogP) is 4.01. The highest BCUT2D eigenvalue weighted by molar-refractivity contribution is 7.62. The molecule has 0 saturated carbocycles. The Morgan fingerprint density at radius 1 is 1.28 bits per heavy atom. The van der Waals surface area contributed by atoms with Crippen LogP contribution in [0.25, 0.3) is 4.85 Å². The number of aromatic nitrogens is 2. The number of alkyl halides is 1. The number of rotatable bonds is 12. The van der Waals surface area contributed by atoms with E-state index in [-0.39, 0.29) is 36.7 Å². The van der Waals surface area contributed by atoms with Gasteiger partial charge < -0.3 is 23.2 Å². The van der Waals surface area contributed by atoms with Crippen molar-refractivity contribution in [3.8, 4) is 0 Å². The number of nitrogens with one attached hydrogen (secondary N) is 1. The molecule has 0 aromatic carbocycles. The van der Waals surface area contributed by atoms with Crippen LogP contribution < -0.4 is 11.2 Å². The van der Waals surface area contributed by atoms with Gasteiger partial charge in [-0.15, -0.1) is 0 Å². The van der Waals surface area contributed by atoms with Crippen LogP contribution in [-0.2, 0) is 18.3 Å². The first kappa shape index (κ1) is 30.8. The highest BCUT2D eigenvalue weighted by Gasteiger charge is 2.51. The molecule has 6 atom stereocenters. The molecule has 0 spiro atoms. The summed E-state index contributed by atoms with van der Waals surface area (Å²) < 4.78 is 50.1. The van der Waals surface area contributed by atoms with Crippen molar-refractivity contribution in [2.75, 3.05) is 32.6 Å². The molecule has 1 fully saturated rings. The van der Waals surface area contributed by atoms with Gasteiger partial charge in [-0.05, 0) is 53.9 Å². The van der Waals surface area contributed by atoms with Crippen LogP contribution in [0.2, 0.25) is 0 Å². The zero-order chi connectivity index (χ0) is 27.4. The van der Waals surface area contributed by atoms with Gasteiger partial charge in [-0.2, -0.15) is 0 Å². The summed E-state index contributed by atoms with van der Waals surface area (Å²) in [5.41, 5.74) is -1.11. The molecule has 204 valence electrons. The fourth-order valence-electron chi connectivity index (χ4n) is 4.42. The monoisotopic (exact) mass is 548 g/mol. The number of aromatic amines is 1. The summed E-state index contributed by atoms with van der Waals surface area (Å²) >= 11 is 0. The Morgan fingerprint density at radius 2 is 1.89 bits per heavy atom. The third-order valence-electron chi connectivity index (χ3n) is 5.78. The van der Waals surface area contributed by atoms with Gasteiger partial charge in [0.1, 0.15) is 12.7 Å². The summed E-state index contributed by atoms with van der Waals surface area (Å²) in [4.78, 5) is 29.9. The minimum absolute atomic E-state index is 0.00655. The van der Waals surface area contributed by atoms with Crippen LogP contribution in [0.3, 0.4) is 0 Å². The molecule has 1 N–H and O–H groups in total. The van der Waals surface area contributed by atoms with Crippen molar-refractivity contribution in [2.24, 2.45) is 5.92 Å². The molecule has 2 rings (SSSR count). The van der Waals surface area contributed by atoms with E-state index in [9.17, 15) is 14.2 Å². The van der Waals surface area contributed by atoms with Gasteiger partial charge >= 0.3 is 5.69 Å². The maximum atomic E-state index is 16.1. The van der Waals surface area contributed by atoms with E-state index in [0.717, 1.165) is 4.57 Å². The quantitative estimate of drug-likeness (QED) is 0.239. The molecule has 1 aliphatic rings. The van der Waals surface area contributed by atoms with E-state index in [0.29, 0.717) is 6.16 Å². The van der Waals surface area contributed by atoms with Crippen LogP contribution in [0, 0.1) is 19.4 Å². The zero-order valence-electron chi connectivity index (χ0n) is 22.3. The summed E-state index contributed by atoms with van der Waals surface area (Å²) in [6.45, 7) is 21.9. The van der Waals surface area contributed by atoms with E-state index in [2.05, 4.69) is 9.83 Å². The predicted molar refractivity (Wildman–Crippen MR) is 140 cm³/mol. The van der Waals surface area contributed by atoms with E-state index in [4.69, 9.17) is 20.4 Å². The molecule has 10 nitrogen and oxygen atoms in total. The van der Waals surface area contributed by atoms with Crippen LogP contribution in [0.15, 0.2) is 15.8 Å². The van der Waals surface area contributed by atoms with Gasteiger partial charge in [0.2, 0.25) is 6.54 Å². The first-order chi connectivity index (χ1) is 16.7. The van der Waals surface area contributed by atoms with Crippen molar-refractivity contribution in [3.05, 3.63) is 44.0 Å². The van der Waals surface area contributed by atoms with Gasteiger partial charge in [-0.1, -0.05) is 6.92 Å². The average molecular weight is 549 g/mol. The standard InChI is InChI=1S/C23H39FN4O6P2/c1-14(2)28(15(3)4)35(32-11-10-25-7)34-20-18(24)22(27-12-16(5)21(29)26-23(27)30)33-19(20)17(6)13-36(8,9)31/h12,14-15,17-20,22H,10-11,13H2,1-6,8-9H3,(H,26,29,30)/t17-,18-,19-,20+,22-,35?/m1/s1. The molecule has 1 saturated heterocycles. The molecule has 36 heavy (non-hydrogen) atoms. The minimum Gasteiger partial charge on any atom is -0.348 e. The van der Waals surface area contributed by atoms with Gasteiger partial charge in [-0.3, -0.25) is 14.3 Å². The van der Waals surface area contributed by atoms with Gasteiger partial charge in [-0.25, -0.2) is 20.4 Å². The molecule has 0 amide bonds. The van der Waals surface area contributed by atoms with Crippen LogP contribution >= 0.6 is 15.7 Å². The van der Waals surface area contributed by atoms with Crippen molar-refractivity contribution in [1.29, 1.82) is 0 Å². The Bertz CT molecular complexity index is 1070. The summed E-state index contributed by atoms with van der Waals surface area (Å²) in [7, 11) is -4.27. The molecule has 1 unspecified atom stereocenters. The summed E-state index contributed by atoms with van der Waals surface area (Å²) in [6, 6.07) is 0.0131. The van der Waals surface area contributed by atoms with Crippen LogP contribution in [0.5, 0.6) is 0 Å². The molecule has 1 aromatic rings. The maximum Gasteiger partial charge on any atom is 0.330 e. The smallest absolute Gasteiger partial charge is 0.330 e. The van der Waals surface area contributed by atoms with E-state index < -0.39 is 51.5 Å². The number of nitrogens with zero attached hydrogens (tertiary/aromatic N) is 3. The van der Waals surface area contributed by atoms with E-state index in [1.54, 1.807) is 13.3 Å². The first-order valence-electron chi connectivity index (χ1n) is 12.0. The van der Waals surface area contributed by atoms with Crippen molar-refractivity contribution in [2.45, 2.75) is 78.2 Å². The van der Waals surface area contributed by atoms with Crippen LogP contribution in [-0.4, -0.2) is 77.3 Å².